The second-order valence-electron chi connectivity index (χ2n) is 4.88. The Labute approximate surface area is 128 Å². The quantitative estimate of drug-likeness (QED) is 0.798. The summed E-state index contributed by atoms with van der Waals surface area (Å²) in [6, 6.07) is 11.0. The Hall–Kier alpha value is -1.79. The lowest BCUT2D eigenvalue weighted by molar-refractivity contribution is 0.603. The second kappa shape index (κ2) is 5.20. The maximum Gasteiger partial charge on any atom is 0.271 e. The average Bonchev–Trinajstić information content (AvgIpc) is 3.06. The maximum atomic E-state index is 12.4. The van der Waals surface area contributed by atoms with Crippen molar-refractivity contribution in [3.05, 3.63) is 47.5 Å². The number of benzene rings is 1. The molecule has 3 rings (SSSR count). The second-order valence-corrected chi connectivity index (χ2v) is 7.96. The predicted octanol–water partition coefficient (Wildman–Crippen LogP) is 3.60. The summed E-state index contributed by atoms with van der Waals surface area (Å²) in [5.41, 5.74) is 1.66. The fraction of sp³-hybridized carbons (Fsp3) is 0.200. The molecule has 1 N–H and O–H groups in total. The molecule has 0 bridgehead atoms. The number of anilines is 1. The molecule has 3 aromatic rings. The molecule has 0 saturated carbocycles. The highest BCUT2D eigenvalue weighted by Crippen LogP contribution is 2.26. The third kappa shape index (κ3) is 2.69. The molecule has 6 heteroatoms. The Balaban J connectivity index is 1.92. The maximum absolute atomic E-state index is 12.4. The number of nitrogens with zero attached hydrogens (tertiary/aromatic N) is 1. The van der Waals surface area contributed by atoms with Crippen LogP contribution in [0, 0.1) is 0 Å². The highest BCUT2D eigenvalue weighted by molar-refractivity contribution is 7.94. The topological polar surface area (TPSA) is 51.1 Å². The minimum Gasteiger partial charge on any atom is -0.351 e. The number of aromatic nitrogens is 1. The Morgan fingerprint density at radius 2 is 2.00 bits per heavy atom. The molecule has 1 aromatic carbocycles. The molecule has 110 valence electrons. The Kier molecular flexibility index (Phi) is 3.51. The van der Waals surface area contributed by atoms with E-state index in [1.165, 1.54) is 11.3 Å². The van der Waals surface area contributed by atoms with E-state index in [0.717, 1.165) is 22.2 Å². The molecule has 0 aliphatic heterocycles. The van der Waals surface area contributed by atoms with Crippen molar-refractivity contribution >= 4 is 38.0 Å². The molecule has 0 unspecified atom stereocenters. The molecule has 2 aromatic heterocycles. The van der Waals surface area contributed by atoms with Crippen molar-refractivity contribution in [2.45, 2.75) is 17.6 Å². The highest BCUT2D eigenvalue weighted by Gasteiger charge is 2.17. The van der Waals surface area contributed by atoms with E-state index in [9.17, 15) is 8.42 Å². The average molecular weight is 320 g/mol. The van der Waals surface area contributed by atoms with Crippen molar-refractivity contribution in [2.75, 3.05) is 4.72 Å². The van der Waals surface area contributed by atoms with Crippen LogP contribution in [0.2, 0.25) is 0 Å². The van der Waals surface area contributed by atoms with Crippen LogP contribution in [0.3, 0.4) is 0 Å². The number of thiophene rings is 1. The normalized spacial score (nSPS) is 11.9. The lowest BCUT2D eigenvalue weighted by Crippen LogP contribution is -2.11. The Morgan fingerprint density at radius 3 is 2.71 bits per heavy atom. The monoisotopic (exact) mass is 320 g/mol. The Bertz CT molecular complexity index is 891. The molecule has 0 aliphatic rings. The van der Waals surface area contributed by atoms with Crippen LogP contribution in [0.1, 0.15) is 11.8 Å². The summed E-state index contributed by atoms with van der Waals surface area (Å²) in [4.78, 5) is 1.06. The van der Waals surface area contributed by atoms with Gasteiger partial charge in [-0.25, -0.2) is 8.42 Å². The van der Waals surface area contributed by atoms with Gasteiger partial charge in [-0.3, -0.25) is 4.72 Å². The van der Waals surface area contributed by atoms with Gasteiger partial charge in [0.25, 0.3) is 10.0 Å². The van der Waals surface area contributed by atoms with E-state index in [4.69, 9.17) is 0 Å². The fourth-order valence-corrected chi connectivity index (χ4v) is 4.59. The predicted molar refractivity (Wildman–Crippen MR) is 87.4 cm³/mol. The molecule has 2 heterocycles. The molecule has 0 saturated heterocycles. The van der Waals surface area contributed by atoms with Crippen LogP contribution in [0.4, 0.5) is 5.69 Å². The molecule has 21 heavy (non-hydrogen) atoms. The van der Waals surface area contributed by atoms with E-state index in [0.29, 0.717) is 9.90 Å². The molecule has 0 radical (unpaired) electrons. The van der Waals surface area contributed by atoms with Crippen molar-refractivity contribution in [3.63, 3.8) is 0 Å². The number of fused-ring (bicyclic) bond motifs is 1. The first-order valence-corrected chi connectivity index (χ1v) is 8.96. The molecule has 0 fully saturated rings. The van der Waals surface area contributed by atoms with E-state index in [-0.39, 0.29) is 0 Å². The van der Waals surface area contributed by atoms with Gasteiger partial charge in [0, 0.05) is 34.7 Å². The van der Waals surface area contributed by atoms with Gasteiger partial charge >= 0.3 is 0 Å². The number of rotatable bonds is 4. The third-order valence-electron chi connectivity index (χ3n) is 3.39. The van der Waals surface area contributed by atoms with E-state index < -0.39 is 10.0 Å². The smallest absolute Gasteiger partial charge is 0.271 e. The zero-order valence-corrected chi connectivity index (χ0v) is 13.5. The van der Waals surface area contributed by atoms with E-state index >= 15 is 0 Å². The van der Waals surface area contributed by atoms with Crippen LogP contribution in [0.15, 0.2) is 46.8 Å². The van der Waals surface area contributed by atoms with Crippen LogP contribution >= 0.6 is 11.3 Å². The SMILES string of the molecule is CCc1ccc(S(=O)(=O)Nc2ccc3c(ccn3C)c2)s1. The molecular formula is C15H16N2O2S2. The standard InChI is InChI=1S/C15H16N2O2S2/c1-3-13-5-7-15(20-13)21(18,19)16-12-4-6-14-11(10-12)8-9-17(14)2/h4-10,16H,3H2,1-2H3. The summed E-state index contributed by atoms with van der Waals surface area (Å²) >= 11 is 1.31. The molecule has 4 nitrogen and oxygen atoms in total. The molecule has 0 amide bonds. The van der Waals surface area contributed by atoms with Crippen molar-refractivity contribution in [1.82, 2.24) is 4.57 Å². The van der Waals surface area contributed by atoms with Crippen LogP contribution in [-0.4, -0.2) is 13.0 Å². The number of hydrogen-bond donors (Lipinski definition) is 1. The van der Waals surface area contributed by atoms with Gasteiger partial charge in [0.05, 0.1) is 0 Å². The van der Waals surface area contributed by atoms with Crippen LogP contribution in [0.5, 0.6) is 0 Å². The van der Waals surface area contributed by atoms with Crippen molar-refractivity contribution in [3.8, 4) is 0 Å². The first-order valence-electron chi connectivity index (χ1n) is 6.66. The van der Waals surface area contributed by atoms with Gasteiger partial charge in [-0.1, -0.05) is 6.92 Å². The fourth-order valence-electron chi connectivity index (χ4n) is 2.24. The minimum atomic E-state index is -3.50. The third-order valence-corrected chi connectivity index (χ3v) is 6.49. The summed E-state index contributed by atoms with van der Waals surface area (Å²) in [5.74, 6) is 0. The summed E-state index contributed by atoms with van der Waals surface area (Å²) in [6.45, 7) is 2.01. The minimum absolute atomic E-state index is 0.354. The molecule has 0 aliphatic carbocycles. The first-order chi connectivity index (χ1) is 9.99. The van der Waals surface area contributed by atoms with Gasteiger partial charge in [-0.05, 0) is 42.8 Å². The van der Waals surface area contributed by atoms with Crippen molar-refractivity contribution in [1.29, 1.82) is 0 Å². The first kappa shape index (κ1) is 14.2. The van der Waals surface area contributed by atoms with Gasteiger partial charge in [0.2, 0.25) is 0 Å². The van der Waals surface area contributed by atoms with Crippen molar-refractivity contribution in [2.24, 2.45) is 7.05 Å². The van der Waals surface area contributed by atoms with Gasteiger partial charge in [-0.15, -0.1) is 11.3 Å². The summed E-state index contributed by atoms with van der Waals surface area (Å²) in [7, 11) is -1.54. The lowest BCUT2D eigenvalue weighted by Gasteiger charge is -2.06. The van der Waals surface area contributed by atoms with E-state index in [1.807, 2.05) is 49.0 Å². The lowest BCUT2D eigenvalue weighted by atomic mass is 10.2. The summed E-state index contributed by atoms with van der Waals surface area (Å²) in [5, 5.41) is 1.01. The van der Waals surface area contributed by atoms with Crippen LogP contribution in [0.25, 0.3) is 10.9 Å². The number of sulfonamides is 1. The largest absolute Gasteiger partial charge is 0.351 e. The number of hydrogen-bond acceptors (Lipinski definition) is 3. The Morgan fingerprint density at radius 1 is 1.19 bits per heavy atom. The van der Waals surface area contributed by atoms with E-state index in [1.54, 1.807) is 12.1 Å². The molecule has 0 spiro atoms. The molecule has 0 atom stereocenters. The number of aryl methyl sites for hydroxylation is 2. The van der Waals surface area contributed by atoms with Crippen molar-refractivity contribution < 1.29 is 8.42 Å². The van der Waals surface area contributed by atoms with Gasteiger partial charge in [-0.2, -0.15) is 0 Å². The van der Waals surface area contributed by atoms with Crippen LogP contribution in [-0.2, 0) is 23.5 Å². The van der Waals surface area contributed by atoms with Gasteiger partial charge < -0.3 is 4.57 Å². The van der Waals surface area contributed by atoms with Gasteiger partial charge in [0.1, 0.15) is 4.21 Å². The summed E-state index contributed by atoms with van der Waals surface area (Å²) in [6.07, 6.45) is 2.80. The zero-order chi connectivity index (χ0) is 15.0. The summed E-state index contributed by atoms with van der Waals surface area (Å²) < 4.78 is 29.7. The van der Waals surface area contributed by atoms with Gasteiger partial charge in [0.15, 0.2) is 0 Å². The number of nitrogens with one attached hydrogen (secondary N) is 1. The zero-order valence-electron chi connectivity index (χ0n) is 11.8. The highest BCUT2D eigenvalue weighted by atomic mass is 32.2. The van der Waals surface area contributed by atoms with E-state index in [2.05, 4.69) is 4.72 Å². The van der Waals surface area contributed by atoms with Crippen LogP contribution < -0.4 is 4.72 Å². The molecular weight excluding hydrogens is 304 g/mol.